The molecule has 6 heteroatoms. The topological polar surface area (TPSA) is 58.0 Å². The zero-order chi connectivity index (χ0) is 14.5. The molecule has 0 saturated heterocycles. The second kappa shape index (κ2) is 6.49. The summed E-state index contributed by atoms with van der Waals surface area (Å²) in [6, 6.07) is 3.35. The third-order valence-corrected chi connectivity index (χ3v) is 2.81. The number of halogens is 2. The van der Waals surface area contributed by atoms with E-state index < -0.39 is 17.7 Å². The van der Waals surface area contributed by atoms with E-state index in [-0.39, 0.29) is 6.54 Å². The lowest BCUT2D eigenvalue weighted by Crippen LogP contribution is -2.21. The van der Waals surface area contributed by atoms with Crippen molar-refractivity contribution in [2.75, 3.05) is 6.54 Å². The molecule has 106 valence electrons. The molecule has 1 heterocycles. The third kappa shape index (κ3) is 3.79. The highest BCUT2D eigenvalue weighted by Crippen LogP contribution is 2.15. The highest BCUT2D eigenvalue weighted by atomic mass is 19.2. The summed E-state index contributed by atoms with van der Waals surface area (Å²) in [5, 5.41) is 12.9. The van der Waals surface area contributed by atoms with Gasteiger partial charge in [0.1, 0.15) is 0 Å². The fourth-order valence-electron chi connectivity index (χ4n) is 1.69. The molecule has 0 amide bonds. The van der Waals surface area contributed by atoms with Gasteiger partial charge in [0.25, 0.3) is 0 Å². The van der Waals surface area contributed by atoms with Crippen LogP contribution in [0.5, 0.6) is 0 Å². The van der Waals surface area contributed by atoms with E-state index >= 15 is 0 Å². The summed E-state index contributed by atoms with van der Waals surface area (Å²) in [7, 11) is 0. The molecule has 0 radical (unpaired) electrons. The Morgan fingerprint density at radius 3 is 2.65 bits per heavy atom. The van der Waals surface area contributed by atoms with Crippen molar-refractivity contribution in [3.8, 4) is 0 Å². The zero-order valence-electron chi connectivity index (χ0n) is 11.0. The monoisotopic (exact) mass is 279 g/mol. The van der Waals surface area contributed by atoms with Crippen molar-refractivity contribution in [3.05, 3.63) is 59.2 Å². The van der Waals surface area contributed by atoms with Crippen molar-refractivity contribution in [3.63, 3.8) is 0 Å². The summed E-state index contributed by atoms with van der Waals surface area (Å²) in [4.78, 5) is 8.26. The summed E-state index contributed by atoms with van der Waals surface area (Å²) in [5.74, 6) is -1.89. The maximum atomic E-state index is 13.0. The van der Waals surface area contributed by atoms with Crippen LogP contribution < -0.4 is 5.32 Å². The second-order valence-electron chi connectivity index (χ2n) is 4.47. The second-order valence-corrected chi connectivity index (χ2v) is 4.47. The van der Waals surface area contributed by atoms with Gasteiger partial charge in [0, 0.05) is 25.5 Å². The van der Waals surface area contributed by atoms with Crippen molar-refractivity contribution in [1.82, 2.24) is 15.3 Å². The SMILES string of the molecule is Cc1cnc(CNCC(O)c2ccc(F)c(F)c2)cn1. The molecule has 0 aliphatic carbocycles. The van der Waals surface area contributed by atoms with E-state index in [0.29, 0.717) is 12.1 Å². The molecule has 2 N–H and O–H groups in total. The minimum Gasteiger partial charge on any atom is -0.387 e. The Labute approximate surface area is 115 Å². The highest BCUT2D eigenvalue weighted by molar-refractivity contribution is 5.20. The largest absolute Gasteiger partial charge is 0.387 e. The van der Waals surface area contributed by atoms with Crippen molar-refractivity contribution in [2.24, 2.45) is 0 Å². The van der Waals surface area contributed by atoms with Gasteiger partial charge in [-0.1, -0.05) is 6.07 Å². The smallest absolute Gasteiger partial charge is 0.159 e. The number of benzene rings is 1. The first-order valence-electron chi connectivity index (χ1n) is 6.17. The van der Waals surface area contributed by atoms with Crippen LogP contribution in [0.25, 0.3) is 0 Å². The molecule has 0 fully saturated rings. The normalized spacial score (nSPS) is 12.4. The van der Waals surface area contributed by atoms with Gasteiger partial charge in [-0.3, -0.25) is 9.97 Å². The number of aryl methyl sites for hydroxylation is 1. The zero-order valence-corrected chi connectivity index (χ0v) is 11.0. The first-order valence-corrected chi connectivity index (χ1v) is 6.17. The molecule has 2 rings (SSSR count). The molecule has 1 aromatic heterocycles. The van der Waals surface area contributed by atoms with Gasteiger partial charge in [0.15, 0.2) is 11.6 Å². The van der Waals surface area contributed by atoms with Gasteiger partial charge in [-0.15, -0.1) is 0 Å². The number of aromatic nitrogens is 2. The van der Waals surface area contributed by atoms with Crippen LogP contribution in [0.4, 0.5) is 8.78 Å². The molecule has 1 unspecified atom stereocenters. The van der Waals surface area contributed by atoms with Crippen LogP contribution in [0.1, 0.15) is 23.1 Å². The van der Waals surface area contributed by atoms with E-state index in [9.17, 15) is 13.9 Å². The summed E-state index contributed by atoms with van der Waals surface area (Å²) in [6.45, 7) is 2.49. The van der Waals surface area contributed by atoms with E-state index in [1.54, 1.807) is 12.4 Å². The molecule has 0 aliphatic rings. The number of nitrogens with one attached hydrogen (secondary N) is 1. The number of rotatable bonds is 5. The predicted molar refractivity (Wildman–Crippen MR) is 69.8 cm³/mol. The molecule has 2 aromatic rings. The van der Waals surface area contributed by atoms with Gasteiger partial charge in [0.2, 0.25) is 0 Å². The van der Waals surface area contributed by atoms with Crippen LogP contribution in [0.2, 0.25) is 0 Å². The Morgan fingerprint density at radius 1 is 1.20 bits per heavy atom. The van der Waals surface area contributed by atoms with Crippen molar-refractivity contribution < 1.29 is 13.9 Å². The maximum Gasteiger partial charge on any atom is 0.159 e. The van der Waals surface area contributed by atoms with Gasteiger partial charge < -0.3 is 10.4 Å². The van der Waals surface area contributed by atoms with Crippen molar-refractivity contribution in [1.29, 1.82) is 0 Å². The number of aliphatic hydroxyl groups excluding tert-OH is 1. The number of hydrogen-bond acceptors (Lipinski definition) is 4. The van der Waals surface area contributed by atoms with E-state index in [2.05, 4.69) is 15.3 Å². The average Bonchev–Trinajstić information content (AvgIpc) is 2.44. The molecule has 4 nitrogen and oxygen atoms in total. The van der Waals surface area contributed by atoms with Crippen LogP contribution >= 0.6 is 0 Å². The molecular formula is C14H15F2N3O. The Bertz CT molecular complexity index is 575. The Kier molecular flexibility index (Phi) is 4.70. The minimum atomic E-state index is -0.967. The molecule has 1 atom stereocenters. The molecule has 0 saturated carbocycles. The van der Waals surface area contributed by atoms with Crippen LogP contribution in [0, 0.1) is 18.6 Å². The van der Waals surface area contributed by atoms with Gasteiger partial charge in [-0.25, -0.2) is 8.78 Å². The first kappa shape index (κ1) is 14.5. The third-order valence-electron chi connectivity index (χ3n) is 2.81. The Balaban J connectivity index is 1.87. The van der Waals surface area contributed by atoms with Crippen LogP contribution in [0.3, 0.4) is 0 Å². The van der Waals surface area contributed by atoms with Gasteiger partial charge >= 0.3 is 0 Å². The lowest BCUT2D eigenvalue weighted by atomic mass is 10.1. The highest BCUT2D eigenvalue weighted by Gasteiger charge is 2.10. The van der Waals surface area contributed by atoms with Crippen molar-refractivity contribution in [2.45, 2.75) is 19.6 Å². The molecule has 0 bridgehead atoms. The summed E-state index contributed by atoms with van der Waals surface area (Å²) in [5.41, 5.74) is 1.90. The van der Waals surface area contributed by atoms with Gasteiger partial charge in [0.05, 0.1) is 17.5 Å². The van der Waals surface area contributed by atoms with Crippen molar-refractivity contribution >= 4 is 0 Å². The van der Waals surface area contributed by atoms with Gasteiger partial charge in [-0.05, 0) is 24.6 Å². The van der Waals surface area contributed by atoms with Crippen LogP contribution in [-0.4, -0.2) is 21.6 Å². The first-order chi connectivity index (χ1) is 9.56. The quantitative estimate of drug-likeness (QED) is 0.877. The van der Waals surface area contributed by atoms with E-state index in [1.807, 2.05) is 6.92 Å². The fourth-order valence-corrected chi connectivity index (χ4v) is 1.69. The summed E-state index contributed by atoms with van der Waals surface area (Å²) < 4.78 is 25.8. The van der Waals surface area contributed by atoms with E-state index in [0.717, 1.165) is 23.5 Å². The van der Waals surface area contributed by atoms with Crippen LogP contribution in [0.15, 0.2) is 30.6 Å². The van der Waals surface area contributed by atoms with E-state index in [1.165, 1.54) is 6.07 Å². The van der Waals surface area contributed by atoms with Crippen LogP contribution in [-0.2, 0) is 6.54 Å². The minimum absolute atomic E-state index is 0.209. The summed E-state index contributed by atoms with van der Waals surface area (Å²) >= 11 is 0. The number of nitrogens with zero attached hydrogens (tertiary/aromatic N) is 2. The van der Waals surface area contributed by atoms with E-state index in [4.69, 9.17) is 0 Å². The molecule has 1 aromatic carbocycles. The molecule has 0 aliphatic heterocycles. The fraction of sp³-hybridized carbons (Fsp3) is 0.286. The summed E-state index contributed by atoms with van der Waals surface area (Å²) in [6.07, 6.45) is 2.39. The maximum absolute atomic E-state index is 13.0. The van der Waals surface area contributed by atoms with Gasteiger partial charge in [-0.2, -0.15) is 0 Å². The predicted octanol–water partition coefficient (Wildman–Crippen LogP) is 1.89. The Morgan fingerprint density at radius 2 is 2.00 bits per heavy atom. The number of hydrogen-bond donors (Lipinski definition) is 2. The molecule has 20 heavy (non-hydrogen) atoms. The Hall–Kier alpha value is -1.92. The average molecular weight is 279 g/mol. The lowest BCUT2D eigenvalue weighted by Gasteiger charge is -2.12. The number of aliphatic hydroxyl groups is 1. The molecular weight excluding hydrogens is 264 g/mol. The standard InChI is InChI=1S/C14H15F2N3O/c1-9-5-19-11(7-18-9)6-17-8-14(20)10-2-3-12(15)13(16)4-10/h2-5,7,14,17,20H,6,8H2,1H3. The lowest BCUT2D eigenvalue weighted by molar-refractivity contribution is 0.173. The molecule has 0 spiro atoms.